The molecule has 8 heteroatoms. The summed E-state index contributed by atoms with van der Waals surface area (Å²) in [7, 11) is -3.83. The highest BCUT2D eigenvalue weighted by Gasteiger charge is 2.26. The Bertz CT molecular complexity index is 596. The molecule has 1 atom stereocenters. The quantitative estimate of drug-likeness (QED) is 0.824. The van der Waals surface area contributed by atoms with Gasteiger partial charge in [-0.3, -0.25) is 9.78 Å². The minimum Gasteiger partial charge on any atom is -0.459 e. The van der Waals surface area contributed by atoms with Crippen molar-refractivity contribution in [2.24, 2.45) is 0 Å². The summed E-state index contributed by atoms with van der Waals surface area (Å²) in [5, 5.41) is 0. The van der Waals surface area contributed by atoms with Crippen molar-refractivity contribution < 1.29 is 17.9 Å². The smallest absolute Gasteiger partial charge is 0.324 e. The van der Waals surface area contributed by atoms with E-state index in [1.54, 1.807) is 20.8 Å². The van der Waals surface area contributed by atoms with Gasteiger partial charge in [-0.1, -0.05) is 0 Å². The van der Waals surface area contributed by atoms with Crippen LogP contribution in [-0.4, -0.2) is 31.0 Å². The normalized spacial score (nSPS) is 13.8. The second kappa shape index (κ2) is 6.19. The average Bonchev–Trinajstić information content (AvgIpc) is 2.26. The standard InChI is InChI=1S/C12H17BrN2O4S/c1-8(11(16)19-12(2,3)4)15-20(17,18)10-5-9(13)6-14-7-10/h5-8,15H,1-4H3/t8-/m0/s1. The Morgan fingerprint density at radius 3 is 2.50 bits per heavy atom. The summed E-state index contributed by atoms with van der Waals surface area (Å²) in [6.07, 6.45) is 2.67. The summed E-state index contributed by atoms with van der Waals surface area (Å²) < 4.78 is 32.1. The number of pyridine rings is 1. The fraction of sp³-hybridized carbons (Fsp3) is 0.500. The van der Waals surface area contributed by atoms with E-state index in [1.807, 2.05) is 0 Å². The van der Waals surface area contributed by atoms with E-state index in [2.05, 4.69) is 25.6 Å². The Hall–Kier alpha value is -0.990. The molecule has 0 spiro atoms. The van der Waals surface area contributed by atoms with Crippen LogP contribution < -0.4 is 4.72 Å². The Labute approximate surface area is 127 Å². The van der Waals surface area contributed by atoms with Gasteiger partial charge in [-0.05, 0) is 49.7 Å². The number of esters is 1. The summed E-state index contributed by atoms with van der Waals surface area (Å²) in [5.74, 6) is -0.635. The number of aromatic nitrogens is 1. The maximum atomic E-state index is 12.1. The molecule has 0 aliphatic rings. The topological polar surface area (TPSA) is 85.4 Å². The van der Waals surface area contributed by atoms with Crippen LogP contribution in [0.25, 0.3) is 0 Å². The molecule has 0 aliphatic carbocycles. The average molecular weight is 365 g/mol. The molecule has 0 saturated carbocycles. The molecule has 1 heterocycles. The third-order valence-electron chi connectivity index (χ3n) is 2.08. The fourth-order valence-corrected chi connectivity index (χ4v) is 2.97. The highest BCUT2D eigenvalue weighted by Crippen LogP contribution is 2.15. The number of rotatable bonds is 4. The second-order valence-corrected chi connectivity index (χ2v) is 7.84. The summed E-state index contributed by atoms with van der Waals surface area (Å²) in [6.45, 7) is 6.57. The molecule has 0 fully saturated rings. The summed E-state index contributed by atoms with van der Waals surface area (Å²) in [5.41, 5.74) is -0.673. The molecule has 112 valence electrons. The van der Waals surface area contributed by atoms with Crippen LogP contribution in [0.5, 0.6) is 0 Å². The molecular weight excluding hydrogens is 348 g/mol. The number of nitrogens with one attached hydrogen (secondary N) is 1. The van der Waals surface area contributed by atoms with Crippen LogP contribution in [0.2, 0.25) is 0 Å². The van der Waals surface area contributed by atoms with Crippen LogP contribution in [0.4, 0.5) is 0 Å². The molecule has 0 radical (unpaired) electrons. The molecular formula is C12H17BrN2O4S. The molecule has 20 heavy (non-hydrogen) atoms. The highest BCUT2D eigenvalue weighted by molar-refractivity contribution is 9.10. The minimum absolute atomic E-state index is 0.0257. The monoisotopic (exact) mass is 364 g/mol. The predicted molar refractivity (Wildman–Crippen MR) is 77.6 cm³/mol. The van der Waals surface area contributed by atoms with Crippen LogP contribution in [0, 0.1) is 0 Å². The van der Waals surface area contributed by atoms with Gasteiger partial charge < -0.3 is 4.74 Å². The molecule has 0 unspecified atom stereocenters. The minimum atomic E-state index is -3.83. The van der Waals surface area contributed by atoms with Crippen molar-refractivity contribution in [1.29, 1.82) is 0 Å². The van der Waals surface area contributed by atoms with Crippen molar-refractivity contribution in [3.8, 4) is 0 Å². The zero-order valence-electron chi connectivity index (χ0n) is 11.7. The number of ether oxygens (including phenoxy) is 1. The van der Waals surface area contributed by atoms with Gasteiger partial charge in [0.2, 0.25) is 10.0 Å². The van der Waals surface area contributed by atoms with Gasteiger partial charge in [-0.25, -0.2) is 8.42 Å². The van der Waals surface area contributed by atoms with Gasteiger partial charge in [0.1, 0.15) is 16.5 Å². The van der Waals surface area contributed by atoms with Crippen LogP contribution in [0.1, 0.15) is 27.7 Å². The number of carbonyl (C=O) groups excluding carboxylic acids is 1. The van der Waals surface area contributed by atoms with Gasteiger partial charge in [0, 0.05) is 16.9 Å². The summed E-state index contributed by atoms with van der Waals surface area (Å²) in [4.78, 5) is 15.5. The van der Waals surface area contributed by atoms with E-state index in [9.17, 15) is 13.2 Å². The second-order valence-electron chi connectivity index (χ2n) is 5.22. The number of hydrogen-bond acceptors (Lipinski definition) is 5. The molecule has 1 rings (SSSR count). The maximum absolute atomic E-state index is 12.1. The van der Waals surface area contributed by atoms with Crippen LogP contribution in [0.3, 0.4) is 0 Å². The highest BCUT2D eigenvalue weighted by atomic mass is 79.9. The molecule has 1 aromatic heterocycles. The zero-order chi connectivity index (χ0) is 15.6. The van der Waals surface area contributed by atoms with Crippen molar-refractivity contribution >= 4 is 31.9 Å². The van der Waals surface area contributed by atoms with E-state index in [0.717, 1.165) is 0 Å². The molecule has 0 saturated heterocycles. The van der Waals surface area contributed by atoms with Crippen molar-refractivity contribution in [2.45, 2.75) is 44.2 Å². The van der Waals surface area contributed by atoms with E-state index in [0.29, 0.717) is 4.47 Å². The molecule has 0 bridgehead atoms. The Kier molecular flexibility index (Phi) is 5.28. The summed E-state index contributed by atoms with van der Waals surface area (Å²) in [6, 6.07) is 0.412. The SMILES string of the molecule is C[C@H](NS(=O)(=O)c1cncc(Br)c1)C(=O)OC(C)(C)C. The zero-order valence-corrected chi connectivity index (χ0v) is 14.1. The van der Waals surface area contributed by atoms with Crippen LogP contribution >= 0.6 is 15.9 Å². The van der Waals surface area contributed by atoms with E-state index in [4.69, 9.17) is 4.74 Å². The third kappa shape index (κ3) is 5.18. The van der Waals surface area contributed by atoms with Gasteiger partial charge in [-0.15, -0.1) is 0 Å². The van der Waals surface area contributed by atoms with Crippen LogP contribution in [0.15, 0.2) is 27.8 Å². The van der Waals surface area contributed by atoms with Gasteiger partial charge in [0.05, 0.1) is 0 Å². The van der Waals surface area contributed by atoms with E-state index >= 15 is 0 Å². The molecule has 6 nitrogen and oxygen atoms in total. The first kappa shape index (κ1) is 17.1. The number of nitrogens with zero attached hydrogens (tertiary/aromatic N) is 1. The molecule has 0 aromatic carbocycles. The lowest BCUT2D eigenvalue weighted by Gasteiger charge is -2.22. The molecule has 1 aromatic rings. The largest absolute Gasteiger partial charge is 0.459 e. The van der Waals surface area contributed by atoms with E-state index in [1.165, 1.54) is 25.4 Å². The molecule has 0 amide bonds. The van der Waals surface area contributed by atoms with Crippen molar-refractivity contribution in [3.63, 3.8) is 0 Å². The Morgan fingerprint density at radius 1 is 1.40 bits per heavy atom. The number of carbonyl (C=O) groups is 1. The first-order valence-electron chi connectivity index (χ1n) is 5.87. The lowest BCUT2D eigenvalue weighted by molar-refractivity contribution is -0.156. The molecule has 1 N–H and O–H groups in total. The van der Waals surface area contributed by atoms with Crippen LogP contribution in [-0.2, 0) is 19.6 Å². The van der Waals surface area contributed by atoms with Gasteiger partial charge in [-0.2, -0.15) is 4.72 Å². The third-order valence-corrected chi connectivity index (χ3v) is 4.02. The van der Waals surface area contributed by atoms with Crippen molar-refractivity contribution in [1.82, 2.24) is 9.71 Å². The van der Waals surface area contributed by atoms with Gasteiger partial charge in [0.25, 0.3) is 0 Å². The first-order chi connectivity index (χ1) is 9.01. The van der Waals surface area contributed by atoms with Crippen molar-refractivity contribution in [2.75, 3.05) is 0 Å². The number of hydrogen-bond donors (Lipinski definition) is 1. The van der Waals surface area contributed by atoms with Gasteiger partial charge in [0.15, 0.2) is 0 Å². The lowest BCUT2D eigenvalue weighted by atomic mass is 10.2. The predicted octanol–water partition coefficient (Wildman–Crippen LogP) is 1.85. The lowest BCUT2D eigenvalue weighted by Crippen LogP contribution is -2.42. The van der Waals surface area contributed by atoms with E-state index < -0.39 is 27.6 Å². The first-order valence-corrected chi connectivity index (χ1v) is 8.14. The maximum Gasteiger partial charge on any atom is 0.324 e. The van der Waals surface area contributed by atoms with E-state index in [-0.39, 0.29) is 4.90 Å². The van der Waals surface area contributed by atoms with Crippen molar-refractivity contribution in [3.05, 3.63) is 22.9 Å². The number of sulfonamides is 1. The number of halogens is 1. The Balaban J connectivity index is 2.84. The summed E-state index contributed by atoms with van der Waals surface area (Å²) >= 11 is 3.14. The fourth-order valence-electron chi connectivity index (χ4n) is 1.28. The Morgan fingerprint density at radius 2 is 2.00 bits per heavy atom. The van der Waals surface area contributed by atoms with Gasteiger partial charge >= 0.3 is 5.97 Å². The molecule has 0 aliphatic heterocycles.